The minimum atomic E-state index is -4.74. The molecule has 1 heterocycles. The molecule has 0 bridgehead atoms. The number of alkyl halides is 3. The Hall–Kier alpha value is -3.23. The summed E-state index contributed by atoms with van der Waals surface area (Å²) in [6.07, 6.45) is -4.25. The third kappa shape index (κ3) is 4.69. The van der Waals surface area contributed by atoms with Crippen LogP contribution in [0.1, 0.15) is 12.0 Å². The lowest BCUT2D eigenvalue weighted by atomic mass is 10.1. The van der Waals surface area contributed by atoms with Gasteiger partial charge in [-0.3, -0.25) is 9.36 Å². The molecule has 9 heteroatoms. The van der Waals surface area contributed by atoms with Crippen LogP contribution in [0, 0.1) is 0 Å². The molecule has 0 radical (unpaired) electrons. The van der Waals surface area contributed by atoms with Crippen LogP contribution in [-0.4, -0.2) is 16.8 Å². The SMILES string of the molecule is Cn1c(=O)oc2cc(NC(=O)CCc3ccc(OC(F)(F)F)cc3)ccc21. The third-order valence-electron chi connectivity index (χ3n) is 3.87. The Labute approximate surface area is 151 Å². The Morgan fingerprint density at radius 1 is 1.19 bits per heavy atom. The number of carbonyl (C=O) groups excluding carboxylic acids is 1. The van der Waals surface area contributed by atoms with Gasteiger partial charge in [-0.1, -0.05) is 12.1 Å². The molecule has 3 rings (SSSR count). The number of hydrogen-bond acceptors (Lipinski definition) is 4. The van der Waals surface area contributed by atoms with Crippen molar-refractivity contribution in [2.75, 3.05) is 5.32 Å². The topological polar surface area (TPSA) is 73.5 Å². The average Bonchev–Trinajstić information content (AvgIpc) is 2.87. The maximum absolute atomic E-state index is 12.1. The van der Waals surface area contributed by atoms with Crippen molar-refractivity contribution in [2.24, 2.45) is 7.05 Å². The van der Waals surface area contributed by atoms with Crippen LogP contribution in [0.25, 0.3) is 11.1 Å². The molecule has 2 aromatic carbocycles. The number of aromatic nitrogens is 1. The second kappa shape index (κ2) is 7.18. The van der Waals surface area contributed by atoms with Crippen molar-refractivity contribution in [3.05, 3.63) is 58.6 Å². The number of ether oxygens (including phenoxy) is 1. The highest BCUT2D eigenvalue weighted by Crippen LogP contribution is 2.23. The van der Waals surface area contributed by atoms with E-state index in [4.69, 9.17) is 4.42 Å². The molecular formula is C18H15F3N2O4. The summed E-state index contributed by atoms with van der Waals surface area (Å²) in [5, 5.41) is 2.69. The van der Waals surface area contributed by atoms with Crippen molar-refractivity contribution in [1.82, 2.24) is 4.57 Å². The summed E-state index contributed by atoms with van der Waals surface area (Å²) < 4.78 is 46.6. The quantitative estimate of drug-likeness (QED) is 0.734. The number of fused-ring (bicyclic) bond motifs is 1. The van der Waals surface area contributed by atoms with E-state index in [-0.39, 0.29) is 18.1 Å². The first-order valence-corrected chi connectivity index (χ1v) is 7.95. The van der Waals surface area contributed by atoms with Gasteiger partial charge in [0.1, 0.15) is 5.75 Å². The Morgan fingerprint density at radius 3 is 2.56 bits per heavy atom. The highest BCUT2D eigenvalue weighted by atomic mass is 19.4. The Balaban J connectivity index is 1.57. The van der Waals surface area contributed by atoms with Crippen molar-refractivity contribution in [2.45, 2.75) is 19.2 Å². The number of nitrogens with one attached hydrogen (secondary N) is 1. The molecule has 0 aliphatic heterocycles. The molecular weight excluding hydrogens is 365 g/mol. The van der Waals surface area contributed by atoms with Gasteiger partial charge in [-0.15, -0.1) is 13.2 Å². The van der Waals surface area contributed by atoms with Crippen LogP contribution in [0.3, 0.4) is 0 Å². The molecule has 0 unspecified atom stereocenters. The van der Waals surface area contributed by atoms with Gasteiger partial charge >= 0.3 is 12.1 Å². The van der Waals surface area contributed by atoms with Crippen LogP contribution in [0.4, 0.5) is 18.9 Å². The van der Waals surface area contributed by atoms with Crippen molar-refractivity contribution in [1.29, 1.82) is 0 Å². The van der Waals surface area contributed by atoms with Gasteiger partial charge in [-0.2, -0.15) is 0 Å². The molecule has 1 N–H and O–H groups in total. The smallest absolute Gasteiger partial charge is 0.408 e. The first-order chi connectivity index (χ1) is 12.7. The number of anilines is 1. The number of carbonyl (C=O) groups is 1. The lowest BCUT2D eigenvalue weighted by Gasteiger charge is -2.09. The van der Waals surface area contributed by atoms with Crippen molar-refractivity contribution in [3.63, 3.8) is 0 Å². The molecule has 3 aromatic rings. The summed E-state index contributed by atoms with van der Waals surface area (Å²) in [7, 11) is 1.58. The fourth-order valence-electron chi connectivity index (χ4n) is 2.55. The molecule has 0 aliphatic carbocycles. The monoisotopic (exact) mass is 380 g/mol. The normalized spacial score (nSPS) is 11.6. The molecule has 27 heavy (non-hydrogen) atoms. The lowest BCUT2D eigenvalue weighted by molar-refractivity contribution is -0.274. The van der Waals surface area contributed by atoms with Crippen LogP contribution < -0.4 is 15.8 Å². The van der Waals surface area contributed by atoms with Gasteiger partial charge in [-0.05, 0) is 36.2 Å². The van der Waals surface area contributed by atoms with Gasteiger partial charge in [0.2, 0.25) is 5.91 Å². The fourth-order valence-corrected chi connectivity index (χ4v) is 2.55. The van der Waals surface area contributed by atoms with Crippen molar-refractivity contribution >= 4 is 22.7 Å². The standard InChI is InChI=1S/C18H15F3N2O4/c1-23-14-8-5-12(10-15(14)26-17(23)25)22-16(24)9-4-11-2-6-13(7-3-11)27-18(19,20)21/h2-3,5-8,10H,4,9H2,1H3,(H,22,24). The second-order valence-electron chi connectivity index (χ2n) is 5.85. The summed E-state index contributed by atoms with van der Waals surface area (Å²) in [6, 6.07) is 10.2. The number of halogens is 3. The minimum absolute atomic E-state index is 0.135. The van der Waals surface area contributed by atoms with E-state index in [1.54, 1.807) is 25.2 Å². The van der Waals surface area contributed by atoms with Gasteiger partial charge < -0.3 is 14.5 Å². The highest BCUT2D eigenvalue weighted by Gasteiger charge is 2.30. The summed E-state index contributed by atoms with van der Waals surface area (Å²) in [4.78, 5) is 23.5. The van der Waals surface area contributed by atoms with Crippen LogP contribution >= 0.6 is 0 Å². The van der Waals surface area contributed by atoms with Crippen LogP contribution in [0.2, 0.25) is 0 Å². The maximum atomic E-state index is 12.1. The van der Waals surface area contributed by atoms with Crippen LogP contribution in [0.15, 0.2) is 51.7 Å². The summed E-state index contributed by atoms with van der Waals surface area (Å²) in [5.74, 6) is -1.08. The van der Waals surface area contributed by atoms with Gasteiger partial charge in [0.15, 0.2) is 5.58 Å². The first-order valence-electron chi connectivity index (χ1n) is 7.95. The van der Waals surface area contributed by atoms with E-state index in [0.717, 1.165) is 0 Å². The zero-order valence-electron chi connectivity index (χ0n) is 14.2. The Morgan fingerprint density at radius 2 is 1.89 bits per heavy atom. The van der Waals surface area contributed by atoms with E-state index in [2.05, 4.69) is 10.1 Å². The lowest BCUT2D eigenvalue weighted by Crippen LogP contribution is -2.17. The van der Waals surface area contributed by atoms with E-state index in [1.165, 1.54) is 28.8 Å². The Bertz CT molecular complexity index is 1020. The molecule has 6 nitrogen and oxygen atoms in total. The van der Waals surface area contributed by atoms with Crippen molar-refractivity contribution < 1.29 is 27.1 Å². The molecule has 0 aliphatic rings. The van der Waals surface area contributed by atoms with Crippen LogP contribution in [0.5, 0.6) is 5.75 Å². The molecule has 0 saturated heterocycles. The number of benzene rings is 2. The second-order valence-corrected chi connectivity index (χ2v) is 5.85. The maximum Gasteiger partial charge on any atom is 0.573 e. The van der Waals surface area contributed by atoms with Crippen LogP contribution in [-0.2, 0) is 18.3 Å². The highest BCUT2D eigenvalue weighted by molar-refractivity contribution is 5.92. The minimum Gasteiger partial charge on any atom is -0.408 e. The third-order valence-corrected chi connectivity index (χ3v) is 3.87. The fraction of sp³-hybridized carbons (Fsp3) is 0.222. The van der Waals surface area contributed by atoms with E-state index in [9.17, 15) is 22.8 Å². The number of amides is 1. The predicted molar refractivity (Wildman–Crippen MR) is 91.5 cm³/mol. The molecule has 0 fully saturated rings. The average molecular weight is 380 g/mol. The zero-order chi connectivity index (χ0) is 19.6. The largest absolute Gasteiger partial charge is 0.573 e. The summed E-state index contributed by atoms with van der Waals surface area (Å²) in [6.45, 7) is 0. The van der Waals surface area contributed by atoms with E-state index >= 15 is 0 Å². The number of hydrogen-bond donors (Lipinski definition) is 1. The zero-order valence-corrected chi connectivity index (χ0v) is 14.2. The van der Waals surface area contributed by atoms with Gasteiger partial charge in [0.25, 0.3) is 0 Å². The molecule has 142 valence electrons. The van der Waals surface area contributed by atoms with E-state index < -0.39 is 12.1 Å². The molecule has 0 spiro atoms. The predicted octanol–water partition coefficient (Wildman–Crippen LogP) is 3.60. The number of rotatable bonds is 5. The number of oxazole rings is 1. The number of nitrogens with zero attached hydrogens (tertiary/aromatic N) is 1. The van der Waals surface area contributed by atoms with Crippen molar-refractivity contribution in [3.8, 4) is 5.75 Å². The van der Waals surface area contributed by atoms with Gasteiger partial charge in [0.05, 0.1) is 5.52 Å². The summed E-state index contributed by atoms with van der Waals surface area (Å²) >= 11 is 0. The Kier molecular flexibility index (Phi) is 4.93. The van der Waals surface area contributed by atoms with E-state index in [1.807, 2.05) is 0 Å². The molecule has 1 aromatic heterocycles. The molecule has 0 saturated carbocycles. The van der Waals surface area contributed by atoms with Gasteiger partial charge in [0, 0.05) is 25.2 Å². The summed E-state index contributed by atoms with van der Waals surface area (Å²) in [5.41, 5.74) is 2.15. The van der Waals surface area contributed by atoms with Gasteiger partial charge in [-0.25, -0.2) is 4.79 Å². The molecule has 0 atom stereocenters. The molecule has 1 amide bonds. The van der Waals surface area contributed by atoms with E-state index in [0.29, 0.717) is 28.8 Å². The first kappa shape index (κ1) is 18.6. The number of aryl methyl sites for hydroxylation is 2.